The van der Waals surface area contributed by atoms with Crippen molar-refractivity contribution < 1.29 is 19.1 Å². The summed E-state index contributed by atoms with van der Waals surface area (Å²) in [5.74, 6) is 0. The summed E-state index contributed by atoms with van der Waals surface area (Å²) in [5, 5.41) is 4.07. The smallest absolute Gasteiger partial charge is 0.410 e. The highest BCUT2D eigenvalue weighted by molar-refractivity contribution is 5.97. The molecule has 0 aliphatic carbocycles. The van der Waals surface area contributed by atoms with Gasteiger partial charge in [-0.25, -0.2) is 4.79 Å². The van der Waals surface area contributed by atoms with E-state index in [2.05, 4.69) is 10.1 Å². The van der Waals surface area contributed by atoms with E-state index < -0.39 is 5.60 Å². The number of ether oxygens (including phenoxy) is 2. The number of nitrogens with zero attached hydrogens (tertiary/aromatic N) is 3. The maximum absolute atomic E-state index is 12.0. The molecule has 1 aliphatic heterocycles. The van der Waals surface area contributed by atoms with Crippen molar-refractivity contribution in [3.63, 3.8) is 0 Å². The van der Waals surface area contributed by atoms with Gasteiger partial charge in [0.2, 0.25) is 0 Å². The van der Waals surface area contributed by atoms with Crippen molar-refractivity contribution in [2.45, 2.75) is 52.2 Å². The Balaban J connectivity index is 1.61. The minimum atomic E-state index is -0.462. The van der Waals surface area contributed by atoms with E-state index in [1.165, 1.54) is 0 Å². The predicted molar refractivity (Wildman–Crippen MR) is 99.2 cm³/mol. The van der Waals surface area contributed by atoms with Gasteiger partial charge in [0.1, 0.15) is 12.2 Å². The average molecular weight is 363 g/mol. The Labute approximate surface area is 155 Å². The molecule has 1 amide bonds. The predicted octanol–water partition coefficient (Wildman–Crippen LogP) is 3.24. The van der Waals surface area contributed by atoms with E-state index in [9.17, 15) is 4.79 Å². The molecule has 0 atom stereocenters. The SMILES string of the molecule is C/C(=N/OCCOC1CCN(C(=O)OC(C)(C)C)CC1)c1cccnc1. The number of amides is 1. The third-order valence-electron chi connectivity index (χ3n) is 3.90. The summed E-state index contributed by atoms with van der Waals surface area (Å²) in [4.78, 5) is 23.1. The zero-order valence-electron chi connectivity index (χ0n) is 16.1. The summed E-state index contributed by atoms with van der Waals surface area (Å²) >= 11 is 0. The Hall–Kier alpha value is -2.15. The van der Waals surface area contributed by atoms with Crippen molar-refractivity contribution in [2.75, 3.05) is 26.3 Å². The first kappa shape index (κ1) is 20.2. The van der Waals surface area contributed by atoms with Crippen molar-refractivity contribution in [3.8, 4) is 0 Å². The lowest BCUT2D eigenvalue weighted by atomic mass is 10.1. The van der Waals surface area contributed by atoms with E-state index in [4.69, 9.17) is 14.3 Å². The molecular weight excluding hydrogens is 334 g/mol. The van der Waals surface area contributed by atoms with E-state index in [1.807, 2.05) is 39.8 Å². The summed E-state index contributed by atoms with van der Waals surface area (Å²) in [7, 11) is 0. The van der Waals surface area contributed by atoms with Gasteiger partial charge in [0.25, 0.3) is 0 Å². The van der Waals surface area contributed by atoms with E-state index >= 15 is 0 Å². The van der Waals surface area contributed by atoms with Gasteiger partial charge in [-0.1, -0.05) is 5.16 Å². The third-order valence-corrected chi connectivity index (χ3v) is 3.90. The minimum absolute atomic E-state index is 0.140. The van der Waals surface area contributed by atoms with Crippen LogP contribution in [0, 0.1) is 0 Å². The maximum Gasteiger partial charge on any atom is 0.410 e. The fourth-order valence-electron chi connectivity index (χ4n) is 2.56. The lowest BCUT2D eigenvalue weighted by Gasteiger charge is -2.33. The van der Waals surface area contributed by atoms with Crippen LogP contribution in [0.25, 0.3) is 0 Å². The van der Waals surface area contributed by atoms with Crippen LogP contribution in [0.3, 0.4) is 0 Å². The van der Waals surface area contributed by atoms with Crippen molar-refractivity contribution in [1.82, 2.24) is 9.88 Å². The molecule has 2 rings (SSSR count). The van der Waals surface area contributed by atoms with Gasteiger partial charge >= 0.3 is 6.09 Å². The van der Waals surface area contributed by atoms with Gasteiger partial charge in [0.05, 0.1) is 18.4 Å². The molecule has 0 N–H and O–H groups in total. The van der Waals surface area contributed by atoms with Crippen LogP contribution in [-0.2, 0) is 14.3 Å². The molecular formula is C19H29N3O4. The van der Waals surface area contributed by atoms with E-state index in [0.717, 1.165) is 24.1 Å². The Morgan fingerprint density at radius 2 is 2.04 bits per heavy atom. The molecule has 1 aromatic rings. The second kappa shape index (κ2) is 9.52. The molecule has 7 heteroatoms. The normalized spacial score (nSPS) is 16.5. The van der Waals surface area contributed by atoms with Gasteiger partial charge in [0, 0.05) is 31.0 Å². The first-order chi connectivity index (χ1) is 12.3. The first-order valence-electron chi connectivity index (χ1n) is 9.01. The van der Waals surface area contributed by atoms with Gasteiger partial charge in [-0.05, 0) is 52.7 Å². The number of hydrogen-bond acceptors (Lipinski definition) is 6. The van der Waals surface area contributed by atoms with Crippen molar-refractivity contribution >= 4 is 11.8 Å². The van der Waals surface area contributed by atoms with Crippen LogP contribution in [0.5, 0.6) is 0 Å². The highest BCUT2D eigenvalue weighted by Gasteiger charge is 2.27. The molecule has 0 radical (unpaired) electrons. The third kappa shape index (κ3) is 7.00. The summed E-state index contributed by atoms with van der Waals surface area (Å²) in [6.07, 6.45) is 4.96. The molecule has 0 unspecified atom stereocenters. The second-order valence-electron chi connectivity index (χ2n) is 7.29. The van der Waals surface area contributed by atoms with E-state index in [0.29, 0.717) is 26.3 Å². The highest BCUT2D eigenvalue weighted by Crippen LogP contribution is 2.17. The number of piperidine rings is 1. The number of aromatic nitrogens is 1. The number of rotatable bonds is 6. The molecule has 0 saturated carbocycles. The first-order valence-corrected chi connectivity index (χ1v) is 9.01. The van der Waals surface area contributed by atoms with Crippen LogP contribution in [0.15, 0.2) is 29.7 Å². The fraction of sp³-hybridized carbons (Fsp3) is 0.632. The summed E-state index contributed by atoms with van der Waals surface area (Å²) in [5.41, 5.74) is 1.25. The van der Waals surface area contributed by atoms with Crippen LogP contribution in [0.1, 0.15) is 46.1 Å². The van der Waals surface area contributed by atoms with Gasteiger partial charge in [0.15, 0.2) is 0 Å². The van der Waals surface area contributed by atoms with Gasteiger partial charge in [-0.2, -0.15) is 0 Å². The number of likely N-dealkylation sites (tertiary alicyclic amines) is 1. The Morgan fingerprint density at radius 1 is 1.31 bits per heavy atom. The molecule has 0 spiro atoms. The zero-order chi connectivity index (χ0) is 19.0. The number of carbonyl (C=O) groups excluding carboxylic acids is 1. The molecule has 1 aromatic heterocycles. The zero-order valence-corrected chi connectivity index (χ0v) is 16.1. The molecule has 2 heterocycles. The minimum Gasteiger partial charge on any atom is -0.444 e. The molecule has 144 valence electrons. The number of hydrogen-bond donors (Lipinski definition) is 0. The van der Waals surface area contributed by atoms with Gasteiger partial charge in [-0.3, -0.25) is 4.98 Å². The molecule has 7 nitrogen and oxygen atoms in total. The topological polar surface area (TPSA) is 73.2 Å². The highest BCUT2D eigenvalue weighted by atomic mass is 16.6. The quantitative estimate of drug-likeness (QED) is 0.441. The lowest BCUT2D eigenvalue weighted by molar-refractivity contribution is -0.0287. The molecule has 0 bridgehead atoms. The van der Waals surface area contributed by atoms with Crippen molar-refractivity contribution in [1.29, 1.82) is 0 Å². The van der Waals surface area contributed by atoms with Crippen LogP contribution in [-0.4, -0.2) is 59.7 Å². The fourth-order valence-corrected chi connectivity index (χ4v) is 2.56. The van der Waals surface area contributed by atoms with Crippen LogP contribution < -0.4 is 0 Å². The van der Waals surface area contributed by atoms with E-state index in [1.54, 1.807) is 17.3 Å². The van der Waals surface area contributed by atoms with Gasteiger partial charge in [-0.15, -0.1) is 0 Å². The molecule has 1 saturated heterocycles. The molecule has 1 fully saturated rings. The Morgan fingerprint density at radius 3 is 2.65 bits per heavy atom. The van der Waals surface area contributed by atoms with Crippen molar-refractivity contribution in [3.05, 3.63) is 30.1 Å². The molecule has 26 heavy (non-hydrogen) atoms. The van der Waals surface area contributed by atoms with Crippen molar-refractivity contribution in [2.24, 2.45) is 5.16 Å². The summed E-state index contributed by atoms with van der Waals surface area (Å²) in [6.45, 7) is 9.67. The molecule has 0 aromatic carbocycles. The number of oxime groups is 1. The summed E-state index contributed by atoms with van der Waals surface area (Å²) < 4.78 is 11.2. The Kier molecular flexibility index (Phi) is 7.38. The monoisotopic (exact) mass is 363 g/mol. The number of pyridine rings is 1. The van der Waals surface area contributed by atoms with E-state index in [-0.39, 0.29) is 12.2 Å². The lowest BCUT2D eigenvalue weighted by Crippen LogP contribution is -2.43. The Bertz CT molecular complexity index is 591. The van der Waals surface area contributed by atoms with Crippen LogP contribution in [0.4, 0.5) is 4.79 Å². The largest absolute Gasteiger partial charge is 0.444 e. The van der Waals surface area contributed by atoms with Crippen LogP contribution in [0.2, 0.25) is 0 Å². The van der Waals surface area contributed by atoms with Crippen LogP contribution >= 0.6 is 0 Å². The summed E-state index contributed by atoms with van der Waals surface area (Å²) in [6, 6.07) is 3.80. The maximum atomic E-state index is 12.0. The second-order valence-corrected chi connectivity index (χ2v) is 7.29. The average Bonchev–Trinajstić information content (AvgIpc) is 2.61. The number of carbonyl (C=O) groups is 1. The standard InChI is InChI=1S/C19H29N3O4/c1-15(16-6-5-9-20-14-16)21-25-13-12-24-17-7-10-22(11-8-17)18(23)26-19(2,3)4/h5-6,9,14,17H,7-8,10-13H2,1-4H3/b21-15-. The molecule has 1 aliphatic rings. The van der Waals surface area contributed by atoms with Gasteiger partial charge < -0.3 is 19.2 Å².